The quantitative estimate of drug-likeness (QED) is 0.563. The molecule has 1 amide bonds. The molecule has 7 heteroatoms. The topological polar surface area (TPSA) is 47.4 Å². The van der Waals surface area contributed by atoms with E-state index in [4.69, 9.17) is 21.3 Å². The van der Waals surface area contributed by atoms with Gasteiger partial charge >= 0.3 is 0 Å². The number of nitrogens with zero attached hydrogens (tertiary/aromatic N) is 3. The number of methoxy groups -OCH3 is 1. The van der Waals surface area contributed by atoms with E-state index in [9.17, 15) is 9.18 Å². The fourth-order valence-electron chi connectivity index (χ4n) is 3.93. The molecule has 4 rings (SSSR count). The number of aromatic nitrogens is 2. The molecule has 0 saturated carbocycles. The Labute approximate surface area is 180 Å². The second-order valence-electron chi connectivity index (χ2n) is 7.38. The first-order chi connectivity index (χ1) is 14.5. The van der Waals surface area contributed by atoms with E-state index in [1.54, 1.807) is 38.4 Å². The molecule has 0 N–H and O–H groups in total. The Hall–Kier alpha value is -2.86. The normalized spacial score (nSPS) is 13.5. The maximum Gasteiger partial charge on any atom is 0.278 e. The third kappa shape index (κ3) is 3.79. The molecule has 2 heterocycles. The van der Waals surface area contributed by atoms with E-state index in [1.807, 2.05) is 6.07 Å². The van der Waals surface area contributed by atoms with Crippen LogP contribution in [0, 0.1) is 5.82 Å². The molecule has 3 aromatic rings. The lowest BCUT2D eigenvalue weighted by molar-refractivity contribution is 0.0987. The fourth-order valence-corrected chi connectivity index (χ4v) is 4.10. The highest BCUT2D eigenvalue weighted by Gasteiger charge is 2.28. The Morgan fingerprint density at radius 2 is 2.03 bits per heavy atom. The lowest BCUT2D eigenvalue weighted by Crippen LogP contribution is -2.28. The minimum Gasteiger partial charge on any atom is -0.495 e. The molecular formula is C23H23ClFN3O2. The van der Waals surface area contributed by atoms with Gasteiger partial charge in [-0.15, -0.1) is 0 Å². The Balaban J connectivity index is 1.81. The first-order valence-electron chi connectivity index (χ1n) is 9.96. The van der Waals surface area contributed by atoms with Gasteiger partial charge in [-0.1, -0.05) is 30.2 Å². The molecule has 156 valence electrons. The van der Waals surface area contributed by atoms with Crippen molar-refractivity contribution < 1.29 is 13.9 Å². The highest BCUT2D eigenvalue weighted by Crippen LogP contribution is 2.33. The number of hydrogen-bond donors (Lipinski definition) is 0. The van der Waals surface area contributed by atoms with Crippen molar-refractivity contribution in [3.8, 4) is 17.1 Å². The number of halogens is 2. The number of rotatable bonds is 4. The van der Waals surface area contributed by atoms with Gasteiger partial charge in [0, 0.05) is 24.2 Å². The van der Waals surface area contributed by atoms with E-state index in [2.05, 4.69) is 4.57 Å². The lowest BCUT2D eigenvalue weighted by atomic mass is 10.1. The van der Waals surface area contributed by atoms with Crippen molar-refractivity contribution in [3.05, 3.63) is 64.7 Å². The number of carbonyl (C=O) groups is 1. The largest absolute Gasteiger partial charge is 0.495 e. The van der Waals surface area contributed by atoms with Crippen LogP contribution in [0.4, 0.5) is 10.1 Å². The summed E-state index contributed by atoms with van der Waals surface area (Å²) >= 11 is 6.16. The van der Waals surface area contributed by atoms with E-state index in [1.165, 1.54) is 17.0 Å². The average molecular weight is 428 g/mol. The van der Waals surface area contributed by atoms with Gasteiger partial charge in [-0.05, 0) is 49.6 Å². The van der Waals surface area contributed by atoms with Crippen LogP contribution in [0.2, 0.25) is 5.02 Å². The van der Waals surface area contributed by atoms with Crippen molar-refractivity contribution in [1.82, 2.24) is 9.55 Å². The fraction of sp³-hybridized carbons (Fsp3) is 0.304. The van der Waals surface area contributed by atoms with E-state index in [0.29, 0.717) is 33.5 Å². The van der Waals surface area contributed by atoms with Crippen molar-refractivity contribution in [2.45, 2.75) is 32.2 Å². The molecule has 0 spiro atoms. The highest BCUT2D eigenvalue weighted by atomic mass is 35.5. The van der Waals surface area contributed by atoms with Crippen LogP contribution in [-0.4, -0.2) is 29.6 Å². The standard InChI is InChI=1S/C23H23ClFN3O2/c1-27(19-14-16(24)10-11-20(19)30-2)23(29)21-18-9-4-3-5-12-28(18)22(26-21)15-7-6-8-17(25)13-15/h6-8,10-11,13-14H,3-5,9,12H2,1-2H3. The third-order valence-electron chi connectivity index (χ3n) is 5.46. The zero-order valence-corrected chi connectivity index (χ0v) is 17.7. The number of fused-ring (bicyclic) bond motifs is 1. The summed E-state index contributed by atoms with van der Waals surface area (Å²) in [5.41, 5.74) is 2.52. The number of imidazole rings is 1. The molecule has 30 heavy (non-hydrogen) atoms. The van der Waals surface area contributed by atoms with Gasteiger partial charge in [0.05, 0.1) is 18.5 Å². The van der Waals surface area contributed by atoms with Crippen molar-refractivity contribution in [3.63, 3.8) is 0 Å². The number of benzene rings is 2. The smallest absolute Gasteiger partial charge is 0.278 e. The van der Waals surface area contributed by atoms with Gasteiger partial charge in [-0.3, -0.25) is 4.79 Å². The van der Waals surface area contributed by atoms with Crippen molar-refractivity contribution in [2.24, 2.45) is 0 Å². The second kappa shape index (κ2) is 8.48. The minimum absolute atomic E-state index is 0.246. The molecule has 1 aliphatic heterocycles. The molecule has 0 radical (unpaired) electrons. The number of anilines is 1. The average Bonchev–Trinajstić information content (AvgIpc) is 2.93. The van der Waals surface area contributed by atoms with Crippen molar-refractivity contribution in [1.29, 1.82) is 0 Å². The lowest BCUT2D eigenvalue weighted by Gasteiger charge is -2.20. The summed E-state index contributed by atoms with van der Waals surface area (Å²) < 4.78 is 21.3. The summed E-state index contributed by atoms with van der Waals surface area (Å²) in [6.07, 6.45) is 3.82. The van der Waals surface area contributed by atoms with Gasteiger partial charge in [0.25, 0.3) is 5.91 Å². The van der Waals surface area contributed by atoms with E-state index >= 15 is 0 Å². The van der Waals surface area contributed by atoms with Gasteiger partial charge in [0.1, 0.15) is 17.4 Å². The molecule has 5 nitrogen and oxygen atoms in total. The summed E-state index contributed by atoms with van der Waals surface area (Å²) in [6.45, 7) is 0.756. The summed E-state index contributed by atoms with van der Waals surface area (Å²) in [5, 5.41) is 0.509. The maximum absolute atomic E-state index is 13.9. The summed E-state index contributed by atoms with van der Waals surface area (Å²) in [4.78, 5) is 19.7. The molecule has 0 bridgehead atoms. The van der Waals surface area contributed by atoms with E-state index < -0.39 is 0 Å². The van der Waals surface area contributed by atoms with E-state index in [0.717, 1.165) is 37.9 Å². The molecule has 1 aromatic heterocycles. The second-order valence-corrected chi connectivity index (χ2v) is 7.82. The molecular weight excluding hydrogens is 405 g/mol. The van der Waals surface area contributed by atoms with E-state index in [-0.39, 0.29) is 11.7 Å². The minimum atomic E-state index is -0.327. The monoisotopic (exact) mass is 427 g/mol. The molecule has 0 unspecified atom stereocenters. The molecule has 0 aliphatic carbocycles. The van der Waals surface area contributed by atoms with Crippen LogP contribution in [-0.2, 0) is 13.0 Å². The van der Waals surface area contributed by atoms with Crippen LogP contribution >= 0.6 is 11.6 Å². The molecule has 1 aliphatic rings. The summed E-state index contributed by atoms with van der Waals surface area (Å²) in [7, 11) is 3.23. The first kappa shape index (κ1) is 20.4. The van der Waals surface area contributed by atoms with Crippen LogP contribution in [0.1, 0.15) is 35.4 Å². The summed E-state index contributed by atoms with van der Waals surface area (Å²) in [5.74, 6) is 0.600. The van der Waals surface area contributed by atoms with Gasteiger partial charge < -0.3 is 14.2 Å². The Bertz CT molecular complexity index is 1100. The SMILES string of the molecule is COc1ccc(Cl)cc1N(C)C(=O)c1nc(-c2cccc(F)c2)n2c1CCCCC2. The Kier molecular flexibility index (Phi) is 5.77. The number of amides is 1. The highest BCUT2D eigenvalue weighted by molar-refractivity contribution is 6.31. The molecule has 0 fully saturated rings. The van der Waals surface area contributed by atoms with Gasteiger partial charge in [-0.2, -0.15) is 0 Å². The van der Waals surface area contributed by atoms with Gasteiger partial charge in [-0.25, -0.2) is 9.37 Å². The number of carbonyl (C=O) groups excluding carboxylic acids is 1. The predicted octanol–water partition coefficient (Wildman–Crippen LogP) is 5.35. The molecule has 2 aromatic carbocycles. The third-order valence-corrected chi connectivity index (χ3v) is 5.70. The van der Waals surface area contributed by atoms with Crippen LogP contribution in [0.15, 0.2) is 42.5 Å². The number of ether oxygens (including phenoxy) is 1. The van der Waals surface area contributed by atoms with Crippen LogP contribution in [0.25, 0.3) is 11.4 Å². The van der Waals surface area contributed by atoms with Crippen LogP contribution in [0.3, 0.4) is 0 Å². The Morgan fingerprint density at radius 3 is 2.80 bits per heavy atom. The molecule has 0 atom stereocenters. The van der Waals surface area contributed by atoms with Crippen LogP contribution < -0.4 is 9.64 Å². The maximum atomic E-state index is 13.9. The predicted molar refractivity (Wildman–Crippen MR) is 116 cm³/mol. The molecule has 0 saturated heterocycles. The van der Waals surface area contributed by atoms with Gasteiger partial charge in [0.15, 0.2) is 5.69 Å². The first-order valence-corrected chi connectivity index (χ1v) is 10.3. The number of hydrogen-bond acceptors (Lipinski definition) is 3. The summed E-state index contributed by atoms with van der Waals surface area (Å²) in [6, 6.07) is 11.5. The van der Waals surface area contributed by atoms with Crippen LogP contribution in [0.5, 0.6) is 5.75 Å². The zero-order chi connectivity index (χ0) is 21.3. The Morgan fingerprint density at radius 1 is 1.20 bits per heavy atom. The van der Waals surface area contributed by atoms with Gasteiger partial charge in [0.2, 0.25) is 0 Å². The zero-order valence-electron chi connectivity index (χ0n) is 17.0. The van der Waals surface area contributed by atoms with Crippen molar-refractivity contribution >= 4 is 23.2 Å². The van der Waals surface area contributed by atoms with Crippen molar-refractivity contribution in [2.75, 3.05) is 19.1 Å².